The molecule has 152 valence electrons. The normalized spacial score (nSPS) is 16.6. The monoisotopic (exact) mass is 407 g/mol. The van der Waals surface area contributed by atoms with E-state index < -0.39 is 0 Å². The number of fused-ring (bicyclic) bond motifs is 1. The minimum Gasteiger partial charge on any atom is -0.306 e. The van der Waals surface area contributed by atoms with Gasteiger partial charge >= 0.3 is 0 Å². The molecule has 5 nitrogen and oxygen atoms in total. The van der Waals surface area contributed by atoms with Crippen LogP contribution in [0.4, 0.5) is 0 Å². The van der Waals surface area contributed by atoms with E-state index in [-0.39, 0.29) is 5.41 Å². The second-order valence-electron chi connectivity index (χ2n) is 8.66. The van der Waals surface area contributed by atoms with Gasteiger partial charge in [-0.2, -0.15) is 5.10 Å². The summed E-state index contributed by atoms with van der Waals surface area (Å²) >= 11 is 1.56. The first-order chi connectivity index (χ1) is 14.0. The van der Waals surface area contributed by atoms with Crippen LogP contribution in [0.2, 0.25) is 0 Å². The topological polar surface area (TPSA) is 55.6 Å². The highest BCUT2D eigenvalue weighted by Gasteiger charge is 2.24. The van der Waals surface area contributed by atoms with Gasteiger partial charge in [0.1, 0.15) is 0 Å². The van der Waals surface area contributed by atoms with E-state index in [0.29, 0.717) is 6.04 Å². The van der Waals surface area contributed by atoms with Gasteiger partial charge in [-0.05, 0) is 48.6 Å². The van der Waals surface area contributed by atoms with E-state index in [1.54, 1.807) is 11.8 Å². The van der Waals surface area contributed by atoms with Gasteiger partial charge in [0.15, 0.2) is 5.16 Å². The lowest BCUT2D eigenvalue weighted by molar-refractivity contribution is 0.454. The molecule has 6 heteroatoms. The fraction of sp³-hybridized carbons (Fsp3) is 0.435. The van der Waals surface area contributed by atoms with Gasteiger partial charge in [0.05, 0.1) is 11.9 Å². The van der Waals surface area contributed by atoms with Crippen molar-refractivity contribution in [3.05, 3.63) is 65.2 Å². The van der Waals surface area contributed by atoms with Gasteiger partial charge in [-0.25, -0.2) is 14.6 Å². The van der Waals surface area contributed by atoms with Gasteiger partial charge in [-0.15, -0.1) is 0 Å². The Morgan fingerprint density at radius 3 is 2.48 bits per heavy atom. The molecular weight excluding hydrogens is 378 g/mol. The summed E-state index contributed by atoms with van der Waals surface area (Å²) in [7, 11) is 0. The maximum absolute atomic E-state index is 4.74. The largest absolute Gasteiger partial charge is 0.306 e. The Labute approximate surface area is 177 Å². The summed E-state index contributed by atoms with van der Waals surface area (Å²) in [5.74, 6) is 0. The molecule has 0 saturated carbocycles. The Balaban J connectivity index is 1.51. The van der Waals surface area contributed by atoms with Crippen molar-refractivity contribution in [1.29, 1.82) is 0 Å². The molecule has 29 heavy (non-hydrogen) atoms. The maximum atomic E-state index is 4.74. The number of nitrogens with zero attached hydrogens (tertiary/aromatic N) is 4. The third-order valence-corrected chi connectivity index (χ3v) is 6.15. The van der Waals surface area contributed by atoms with Crippen LogP contribution in [0.25, 0.3) is 5.69 Å². The van der Waals surface area contributed by atoms with Crippen LogP contribution < -0.4 is 5.32 Å². The molecule has 1 aliphatic rings. The average molecular weight is 408 g/mol. The first-order valence-electron chi connectivity index (χ1n) is 10.2. The second-order valence-corrected chi connectivity index (χ2v) is 9.43. The number of nitrogens with one attached hydrogen (secondary N) is 1. The van der Waals surface area contributed by atoms with Crippen LogP contribution in [0.1, 0.15) is 62.0 Å². The summed E-state index contributed by atoms with van der Waals surface area (Å²) in [6, 6.07) is 9.15. The minimum atomic E-state index is 0.162. The fourth-order valence-corrected chi connectivity index (χ4v) is 4.19. The zero-order chi connectivity index (χ0) is 20.4. The van der Waals surface area contributed by atoms with Gasteiger partial charge in [0, 0.05) is 41.8 Å². The van der Waals surface area contributed by atoms with Crippen molar-refractivity contribution in [2.75, 3.05) is 6.26 Å². The molecule has 0 radical (unpaired) electrons. The molecule has 0 fully saturated rings. The lowest BCUT2D eigenvalue weighted by atomic mass is 9.87. The van der Waals surface area contributed by atoms with Crippen LogP contribution in [0.15, 0.2) is 48.0 Å². The summed E-state index contributed by atoms with van der Waals surface area (Å²) in [5.41, 5.74) is 6.40. The van der Waals surface area contributed by atoms with E-state index in [9.17, 15) is 0 Å². The molecule has 1 atom stereocenters. The SMILES string of the molecule is CSc1ncc(CNC2CCCc3c2cnn3-c2ccc(C(C)(C)C)cc2)cn1. The Morgan fingerprint density at radius 2 is 1.83 bits per heavy atom. The Hall–Kier alpha value is -2.18. The highest BCUT2D eigenvalue weighted by molar-refractivity contribution is 7.98. The third-order valence-electron chi connectivity index (χ3n) is 5.58. The lowest BCUT2D eigenvalue weighted by Crippen LogP contribution is -2.25. The van der Waals surface area contributed by atoms with Crippen molar-refractivity contribution < 1.29 is 0 Å². The van der Waals surface area contributed by atoms with Gasteiger partial charge < -0.3 is 5.32 Å². The minimum absolute atomic E-state index is 0.162. The summed E-state index contributed by atoms with van der Waals surface area (Å²) in [6.45, 7) is 7.50. The van der Waals surface area contributed by atoms with Gasteiger partial charge in [-0.3, -0.25) is 0 Å². The standard InChI is InChI=1S/C23H29N5S/c1-23(2,3)17-8-10-18(11-9-17)28-21-7-5-6-20(19(21)15-27-28)24-12-16-13-25-22(29-4)26-14-16/h8-11,13-15,20,24H,5-7,12H2,1-4H3. The Morgan fingerprint density at radius 1 is 1.10 bits per heavy atom. The van der Waals surface area contributed by atoms with Crippen molar-refractivity contribution in [2.45, 2.75) is 63.2 Å². The van der Waals surface area contributed by atoms with Gasteiger partial charge in [-0.1, -0.05) is 44.7 Å². The van der Waals surface area contributed by atoms with Crippen molar-refractivity contribution >= 4 is 11.8 Å². The number of thioether (sulfide) groups is 1. The zero-order valence-corrected chi connectivity index (χ0v) is 18.5. The van der Waals surface area contributed by atoms with Crippen LogP contribution in [0.5, 0.6) is 0 Å². The molecule has 2 heterocycles. The number of hydrogen-bond acceptors (Lipinski definition) is 5. The number of benzene rings is 1. The number of aromatic nitrogens is 4. The predicted molar refractivity (Wildman–Crippen MR) is 119 cm³/mol. The summed E-state index contributed by atoms with van der Waals surface area (Å²) in [6.07, 6.45) is 11.2. The van der Waals surface area contributed by atoms with E-state index in [4.69, 9.17) is 5.10 Å². The number of rotatable bonds is 5. The van der Waals surface area contributed by atoms with Crippen LogP contribution in [-0.2, 0) is 18.4 Å². The molecule has 0 spiro atoms. The summed E-state index contributed by atoms with van der Waals surface area (Å²) in [5, 5.41) is 9.23. The van der Waals surface area contributed by atoms with Crippen LogP contribution in [-0.4, -0.2) is 26.0 Å². The molecule has 0 saturated heterocycles. The van der Waals surface area contributed by atoms with Gasteiger partial charge in [0.25, 0.3) is 0 Å². The van der Waals surface area contributed by atoms with E-state index in [2.05, 4.69) is 65.0 Å². The van der Waals surface area contributed by atoms with Crippen molar-refractivity contribution in [2.24, 2.45) is 0 Å². The van der Waals surface area contributed by atoms with Crippen LogP contribution >= 0.6 is 11.8 Å². The maximum Gasteiger partial charge on any atom is 0.187 e. The average Bonchev–Trinajstić information content (AvgIpc) is 3.17. The van der Waals surface area contributed by atoms with Crippen LogP contribution in [0, 0.1) is 0 Å². The molecule has 2 aromatic heterocycles. The molecule has 1 N–H and O–H groups in total. The molecule has 1 aromatic carbocycles. The first kappa shape index (κ1) is 20.1. The van der Waals surface area contributed by atoms with Crippen molar-refractivity contribution in [3.63, 3.8) is 0 Å². The quantitative estimate of drug-likeness (QED) is 0.484. The molecule has 3 aromatic rings. The summed E-state index contributed by atoms with van der Waals surface area (Å²) < 4.78 is 2.12. The Bertz CT molecular complexity index is 954. The highest BCUT2D eigenvalue weighted by Crippen LogP contribution is 2.32. The highest BCUT2D eigenvalue weighted by atomic mass is 32.2. The smallest absolute Gasteiger partial charge is 0.187 e. The van der Waals surface area contributed by atoms with Crippen molar-refractivity contribution in [3.8, 4) is 5.69 Å². The van der Waals surface area contributed by atoms with E-state index >= 15 is 0 Å². The van der Waals surface area contributed by atoms with E-state index in [1.165, 1.54) is 23.2 Å². The predicted octanol–water partition coefficient (Wildman–Crippen LogP) is 4.85. The summed E-state index contributed by atoms with van der Waals surface area (Å²) in [4.78, 5) is 8.74. The molecule has 0 bridgehead atoms. The lowest BCUT2D eigenvalue weighted by Gasteiger charge is -2.24. The molecule has 0 amide bonds. The van der Waals surface area contributed by atoms with E-state index in [0.717, 1.165) is 35.8 Å². The van der Waals surface area contributed by atoms with Gasteiger partial charge in [0.2, 0.25) is 0 Å². The molecule has 0 aliphatic heterocycles. The molecular formula is C23H29N5S. The first-order valence-corrected chi connectivity index (χ1v) is 11.4. The second kappa shape index (κ2) is 8.28. The molecule has 4 rings (SSSR count). The fourth-order valence-electron chi connectivity index (χ4n) is 3.87. The van der Waals surface area contributed by atoms with Crippen molar-refractivity contribution in [1.82, 2.24) is 25.1 Å². The molecule has 1 unspecified atom stereocenters. The zero-order valence-electron chi connectivity index (χ0n) is 17.6. The van der Waals surface area contributed by atoms with Crippen LogP contribution in [0.3, 0.4) is 0 Å². The van der Waals surface area contributed by atoms with E-state index in [1.807, 2.05) is 24.8 Å². The number of hydrogen-bond donors (Lipinski definition) is 1. The molecule has 1 aliphatic carbocycles. The third kappa shape index (κ3) is 4.38. The Kier molecular flexibility index (Phi) is 5.74.